The summed E-state index contributed by atoms with van der Waals surface area (Å²) in [6, 6.07) is -1.06. The zero-order valence-electron chi connectivity index (χ0n) is 25.8. The first-order valence-electron chi connectivity index (χ1n) is 16.2. The lowest BCUT2D eigenvalue weighted by Crippen LogP contribution is -2.42. The molecule has 0 radical (unpaired) electrons. The number of carboxylic acids is 2. The predicted molar refractivity (Wildman–Crippen MR) is 176 cm³/mol. The molecule has 0 bridgehead atoms. The summed E-state index contributed by atoms with van der Waals surface area (Å²) in [7, 11) is 2.99. The zero-order valence-corrected chi connectivity index (χ0v) is 27.5. The van der Waals surface area contributed by atoms with Gasteiger partial charge in [0.2, 0.25) is 5.91 Å². The van der Waals surface area contributed by atoms with Crippen molar-refractivity contribution in [2.24, 2.45) is 11.5 Å². The standard InChI is InChI=1S/C31H59N3O6S2/c32-26(28(35)20-16-12-8-4-1-2-5-9-13-17-21-29(36)37)24-41-42-25-27(33)31(40)34-23-19-15-11-7-3-6-10-14-18-22-30(38)39/h26-27H,1-25,32-33H2,(H,34,40)(H,36,37)(H,38,39). The van der Waals surface area contributed by atoms with Crippen molar-refractivity contribution in [1.29, 1.82) is 0 Å². The lowest BCUT2D eigenvalue weighted by atomic mass is 10.0. The van der Waals surface area contributed by atoms with Crippen LogP contribution < -0.4 is 16.8 Å². The molecule has 1 amide bonds. The van der Waals surface area contributed by atoms with E-state index >= 15 is 0 Å². The SMILES string of the molecule is NC(CSSCC(N)C(=O)NCCCCCCCCCCCC(=O)O)C(=O)CCCCCCCCCCCCC(=O)O. The van der Waals surface area contributed by atoms with Crippen LogP contribution in [0.1, 0.15) is 141 Å². The normalized spacial score (nSPS) is 12.6. The van der Waals surface area contributed by atoms with Gasteiger partial charge >= 0.3 is 11.9 Å². The average Bonchev–Trinajstić information content (AvgIpc) is 2.95. The van der Waals surface area contributed by atoms with Gasteiger partial charge in [0.25, 0.3) is 0 Å². The van der Waals surface area contributed by atoms with E-state index in [1.54, 1.807) is 0 Å². The number of amides is 1. The van der Waals surface area contributed by atoms with Gasteiger partial charge in [0, 0.05) is 37.3 Å². The number of nitrogens with one attached hydrogen (secondary N) is 1. The Morgan fingerprint density at radius 2 is 0.833 bits per heavy atom. The predicted octanol–water partition coefficient (Wildman–Crippen LogP) is 6.46. The summed E-state index contributed by atoms with van der Waals surface area (Å²) in [4.78, 5) is 45.4. The van der Waals surface area contributed by atoms with Crippen LogP contribution in [-0.4, -0.2) is 64.0 Å². The number of hydrogen-bond donors (Lipinski definition) is 5. The summed E-state index contributed by atoms with van der Waals surface area (Å²) >= 11 is 0. The minimum atomic E-state index is -0.713. The minimum absolute atomic E-state index is 0.0993. The van der Waals surface area contributed by atoms with E-state index in [0.29, 0.717) is 24.5 Å². The number of ketones is 1. The topological polar surface area (TPSA) is 173 Å². The molecule has 2 atom stereocenters. The summed E-state index contributed by atoms with van der Waals surface area (Å²) < 4.78 is 0. The third-order valence-corrected chi connectivity index (χ3v) is 9.73. The average molecular weight is 634 g/mol. The Morgan fingerprint density at radius 1 is 0.500 bits per heavy atom. The summed E-state index contributed by atoms with van der Waals surface area (Å²) in [5.74, 6) is -0.462. The fourth-order valence-corrected chi connectivity index (χ4v) is 6.85. The van der Waals surface area contributed by atoms with Gasteiger partial charge < -0.3 is 27.0 Å². The molecule has 0 aliphatic rings. The highest BCUT2D eigenvalue weighted by Gasteiger charge is 2.16. The summed E-state index contributed by atoms with van der Waals surface area (Å²) in [6.07, 6.45) is 21.2. The van der Waals surface area contributed by atoms with Crippen molar-refractivity contribution < 1.29 is 29.4 Å². The van der Waals surface area contributed by atoms with E-state index in [9.17, 15) is 19.2 Å². The van der Waals surface area contributed by atoms with Gasteiger partial charge in [-0.05, 0) is 25.7 Å². The molecule has 0 fully saturated rings. The molecule has 0 rings (SSSR count). The van der Waals surface area contributed by atoms with Crippen LogP contribution in [0.5, 0.6) is 0 Å². The van der Waals surface area contributed by atoms with E-state index in [4.69, 9.17) is 21.7 Å². The molecule has 0 saturated carbocycles. The molecule has 0 aliphatic heterocycles. The Kier molecular flexibility index (Phi) is 28.8. The van der Waals surface area contributed by atoms with Gasteiger partial charge in [0.15, 0.2) is 0 Å². The maximum Gasteiger partial charge on any atom is 0.303 e. The Bertz CT molecular complexity index is 656. The molecule has 42 heavy (non-hydrogen) atoms. The molecule has 246 valence electrons. The van der Waals surface area contributed by atoms with Crippen LogP contribution in [0, 0.1) is 0 Å². The van der Waals surface area contributed by atoms with E-state index in [2.05, 4.69) is 5.32 Å². The van der Waals surface area contributed by atoms with E-state index in [1.165, 1.54) is 60.1 Å². The van der Waals surface area contributed by atoms with Gasteiger partial charge in [-0.2, -0.15) is 0 Å². The number of rotatable bonds is 32. The Balaban J connectivity index is 3.54. The third-order valence-electron chi connectivity index (χ3n) is 7.26. The summed E-state index contributed by atoms with van der Waals surface area (Å²) in [6.45, 7) is 0.634. The van der Waals surface area contributed by atoms with E-state index in [0.717, 1.165) is 83.5 Å². The second-order valence-electron chi connectivity index (χ2n) is 11.3. The second-order valence-corrected chi connectivity index (χ2v) is 13.8. The lowest BCUT2D eigenvalue weighted by Gasteiger charge is -2.13. The molecule has 0 saturated heterocycles. The molecule has 11 heteroatoms. The van der Waals surface area contributed by atoms with Crippen molar-refractivity contribution in [2.75, 3.05) is 18.1 Å². The number of nitrogens with two attached hydrogens (primary N) is 2. The van der Waals surface area contributed by atoms with E-state index < -0.39 is 24.0 Å². The third kappa shape index (κ3) is 28.8. The van der Waals surface area contributed by atoms with Crippen molar-refractivity contribution in [1.82, 2.24) is 5.32 Å². The molecule has 2 unspecified atom stereocenters. The fourth-order valence-electron chi connectivity index (χ4n) is 4.57. The molecule has 0 spiro atoms. The maximum atomic E-state index is 12.3. The molecule has 0 aromatic rings. The van der Waals surface area contributed by atoms with Crippen LogP contribution >= 0.6 is 21.6 Å². The van der Waals surface area contributed by atoms with Crippen LogP contribution in [0.2, 0.25) is 0 Å². The number of carbonyl (C=O) groups excluding carboxylic acids is 2. The van der Waals surface area contributed by atoms with Gasteiger partial charge in [-0.1, -0.05) is 118 Å². The fraction of sp³-hybridized carbons (Fsp3) is 0.871. The van der Waals surface area contributed by atoms with Gasteiger partial charge in [-0.15, -0.1) is 0 Å². The molecule has 7 N–H and O–H groups in total. The number of Topliss-reactive ketones (excluding diaryl/α,β-unsaturated/α-hetero) is 1. The summed E-state index contributed by atoms with van der Waals surface area (Å²) in [5.41, 5.74) is 12.1. The molecular formula is C31H59N3O6S2. The molecular weight excluding hydrogens is 574 g/mol. The van der Waals surface area contributed by atoms with Crippen molar-refractivity contribution in [3.63, 3.8) is 0 Å². The maximum absolute atomic E-state index is 12.3. The highest BCUT2D eigenvalue weighted by Crippen LogP contribution is 2.23. The first kappa shape index (κ1) is 40.7. The van der Waals surface area contributed by atoms with Crippen LogP contribution in [0.15, 0.2) is 0 Å². The monoisotopic (exact) mass is 633 g/mol. The number of carboxylic acid groups (broad SMARTS) is 2. The van der Waals surface area contributed by atoms with Crippen LogP contribution in [0.3, 0.4) is 0 Å². The number of aliphatic carboxylic acids is 2. The first-order valence-corrected chi connectivity index (χ1v) is 18.7. The zero-order chi connectivity index (χ0) is 31.3. The molecule has 9 nitrogen and oxygen atoms in total. The van der Waals surface area contributed by atoms with E-state index in [1.807, 2.05) is 0 Å². The quantitative estimate of drug-likeness (QED) is 0.0409. The highest BCUT2D eigenvalue weighted by molar-refractivity contribution is 8.76. The summed E-state index contributed by atoms with van der Waals surface area (Å²) in [5, 5.41) is 20.2. The molecule has 0 heterocycles. The Labute approximate surface area is 262 Å². The van der Waals surface area contributed by atoms with Gasteiger partial charge in [-0.25, -0.2) is 0 Å². The minimum Gasteiger partial charge on any atom is -0.481 e. The molecule has 0 aliphatic carbocycles. The Morgan fingerprint density at radius 3 is 1.24 bits per heavy atom. The largest absolute Gasteiger partial charge is 0.481 e. The van der Waals surface area contributed by atoms with Crippen molar-refractivity contribution in [3.05, 3.63) is 0 Å². The van der Waals surface area contributed by atoms with Crippen molar-refractivity contribution in [2.45, 2.75) is 153 Å². The van der Waals surface area contributed by atoms with Gasteiger partial charge in [0.05, 0.1) is 12.1 Å². The number of carbonyl (C=O) groups is 4. The smallest absolute Gasteiger partial charge is 0.303 e. The number of hydrogen-bond acceptors (Lipinski definition) is 8. The van der Waals surface area contributed by atoms with E-state index in [-0.39, 0.29) is 24.5 Å². The lowest BCUT2D eigenvalue weighted by molar-refractivity contribution is -0.138. The van der Waals surface area contributed by atoms with Crippen LogP contribution in [0.25, 0.3) is 0 Å². The Hall–Kier alpha value is -1.30. The van der Waals surface area contributed by atoms with Crippen LogP contribution in [-0.2, 0) is 19.2 Å². The molecule has 0 aromatic heterocycles. The van der Waals surface area contributed by atoms with Gasteiger partial charge in [-0.3, -0.25) is 19.2 Å². The van der Waals surface area contributed by atoms with Crippen molar-refractivity contribution in [3.8, 4) is 0 Å². The number of unbranched alkanes of at least 4 members (excludes halogenated alkanes) is 17. The van der Waals surface area contributed by atoms with Gasteiger partial charge in [0.1, 0.15) is 5.78 Å². The highest BCUT2D eigenvalue weighted by atomic mass is 33.1. The van der Waals surface area contributed by atoms with Crippen LogP contribution in [0.4, 0.5) is 0 Å². The first-order chi connectivity index (χ1) is 20.2. The second kappa shape index (κ2) is 29.8. The van der Waals surface area contributed by atoms with Crippen molar-refractivity contribution >= 4 is 45.2 Å². The molecule has 0 aromatic carbocycles.